The Labute approximate surface area is 56.9 Å². The number of carbonyl (C=O) groups excluding carboxylic acids is 1. The van der Waals surface area contributed by atoms with Crippen LogP contribution in [-0.2, 0) is 9.53 Å². The van der Waals surface area contributed by atoms with Gasteiger partial charge in [-0.25, -0.2) is 4.79 Å². The number of aliphatic hydroxyl groups excluding tert-OH is 3. The number of carbonyl (C=O) groups is 1. The number of rotatable bonds is 1. The average molecular weight is 148 g/mol. The van der Waals surface area contributed by atoms with E-state index in [1.54, 1.807) is 0 Å². The lowest BCUT2D eigenvalue weighted by Gasteiger charge is -2.08. The lowest BCUT2D eigenvalue weighted by molar-refractivity contribution is -0.148. The monoisotopic (exact) mass is 148 g/mol. The number of ether oxygens (including phenoxy) is 1. The van der Waals surface area contributed by atoms with Gasteiger partial charge in [-0.1, -0.05) is 0 Å². The molecule has 0 aromatic rings. The molecule has 3 atom stereocenters. The summed E-state index contributed by atoms with van der Waals surface area (Å²) in [5.41, 5.74) is 0. The molecule has 0 amide bonds. The summed E-state index contributed by atoms with van der Waals surface area (Å²) >= 11 is 0. The number of cyclic esters (lactones) is 1. The summed E-state index contributed by atoms with van der Waals surface area (Å²) in [5.74, 6) is -0.883. The molecule has 0 saturated carbocycles. The smallest absolute Gasteiger partial charge is 0.338 e. The van der Waals surface area contributed by atoms with Crippen LogP contribution in [0.15, 0.2) is 0 Å². The van der Waals surface area contributed by atoms with Crippen LogP contribution in [0.3, 0.4) is 0 Å². The molecule has 5 nitrogen and oxygen atoms in total. The summed E-state index contributed by atoms with van der Waals surface area (Å²) in [5, 5.41) is 26.0. The van der Waals surface area contributed by atoms with Gasteiger partial charge in [0.05, 0.1) is 6.61 Å². The van der Waals surface area contributed by atoms with Gasteiger partial charge >= 0.3 is 5.97 Å². The molecule has 10 heavy (non-hydrogen) atoms. The Morgan fingerprint density at radius 2 is 2.10 bits per heavy atom. The van der Waals surface area contributed by atoms with Crippen molar-refractivity contribution in [3.63, 3.8) is 0 Å². The molecule has 1 aliphatic rings. The van der Waals surface area contributed by atoms with Gasteiger partial charge < -0.3 is 20.1 Å². The van der Waals surface area contributed by atoms with E-state index in [1.807, 2.05) is 0 Å². The standard InChI is InChI=1S/C5H8O5/c6-1-2-3(7)4(8)5(9)10-2/h2-4,6-8H,1H2/t2?,3-,4-/m1/s1. The molecule has 0 aliphatic carbocycles. The van der Waals surface area contributed by atoms with Crippen molar-refractivity contribution < 1.29 is 24.9 Å². The van der Waals surface area contributed by atoms with E-state index in [0.717, 1.165) is 0 Å². The predicted molar refractivity (Wildman–Crippen MR) is 29.0 cm³/mol. The lowest BCUT2D eigenvalue weighted by atomic mass is 10.1. The molecule has 0 aromatic heterocycles. The van der Waals surface area contributed by atoms with Crippen molar-refractivity contribution in [2.75, 3.05) is 6.61 Å². The molecule has 1 rings (SSSR count). The summed E-state index contributed by atoms with van der Waals surface area (Å²) in [6.45, 7) is -0.468. The van der Waals surface area contributed by atoms with Crippen LogP contribution in [0.4, 0.5) is 0 Å². The first-order valence-electron chi connectivity index (χ1n) is 2.84. The lowest BCUT2D eigenvalue weighted by Crippen LogP contribution is -2.32. The zero-order valence-corrected chi connectivity index (χ0v) is 5.10. The Morgan fingerprint density at radius 3 is 2.30 bits per heavy atom. The van der Waals surface area contributed by atoms with Crippen LogP contribution in [0.2, 0.25) is 0 Å². The molecule has 0 spiro atoms. The quantitative estimate of drug-likeness (QED) is 0.362. The zero-order valence-electron chi connectivity index (χ0n) is 5.10. The number of aliphatic hydroxyl groups is 3. The van der Waals surface area contributed by atoms with Gasteiger partial charge in [-0.2, -0.15) is 0 Å². The average Bonchev–Trinajstić information content (AvgIpc) is 2.17. The van der Waals surface area contributed by atoms with E-state index < -0.39 is 30.9 Å². The molecule has 1 aliphatic heterocycles. The van der Waals surface area contributed by atoms with E-state index in [4.69, 9.17) is 15.3 Å². The Kier molecular flexibility index (Phi) is 1.89. The molecule has 0 bridgehead atoms. The normalized spacial score (nSPS) is 39.9. The van der Waals surface area contributed by atoms with Gasteiger partial charge in [-0.3, -0.25) is 0 Å². The first-order chi connectivity index (χ1) is 4.66. The van der Waals surface area contributed by atoms with Gasteiger partial charge in [-0.05, 0) is 0 Å². The maximum atomic E-state index is 10.4. The summed E-state index contributed by atoms with van der Waals surface area (Å²) in [6, 6.07) is 0. The Morgan fingerprint density at radius 1 is 1.50 bits per heavy atom. The maximum absolute atomic E-state index is 10.4. The van der Waals surface area contributed by atoms with E-state index >= 15 is 0 Å². The third-order valence-electron chi connectivity index (χ3n) is 1.39. The van der Waals surface area contributed by atoms with Crippen LogP contribution in [-0.4, -0.2) is 46.2 Å². The van der Waals surface area contributed by atoms with Crippen molar-refractivity contribution in [3.8, 4) is 0 Å². The molecular formula is C5H8O5. The van der Waals surface area contributed by atoms with E-state index in [1.165, 1.54) is 0 Å². The highest BCUT2D eigenvalue weighted by molar-refractivity contribution is 5.77. The number of hydrogen-bond acceptors (Lipinski definition) is 5. The molecule has 0 aromatic carbocycles. The number of esters is 1. The largest absolute Gasteiger partial charge is 0.455 e. The summed E-state index contributed by atoms with van der Waals surface area (Å²) in [6.07, 6.45) is -3.77. The predicted octanol–water partition coefficient (Wildman–Crippen LogP) is -2.37. The highest BCUT2D eigenvalue weighted by atomic mass is 16.6. The molecule has 5 heteroatoms. The van der Waals surface area contributed by atoms with E-state index in [9.17, 15) is 4.79 Å². The first kappa shape index (κ1) is 7.46. The Hall–Kier alpha value is -0.650. The van der Waals surface area contributed by atoms with Crippen molar-refractivity contribution in [2.24, 2.45) is 0 Å². The van der Waals surface area contributed by atoms with Gasteiger partial charge in [-0.15, -0.1) is 0 Å². The second-order valence-corrected chi connectivity index (χ2v) is 2.09. The Balaban J connectivity index is 2.61. The van der Waals surface area contributed by atoms with Crippen molar-refractivity contribution in [2.45, 2.75) is 18.3 Å². The molecule has 58 valence electrons. The zero-order chi connectivity index (χ0) is 7.72. The third-order valence-corrected chi connectivity index (χ3v) is 1.39. The van der Waals surface area contributed by atoms with Crippen LogP contribution in [0.25, 0.3) is 0 Å². The summed E-state index contributed by atoms with van der Waals surface area (Å²) in [7, 11) is 0. The van der Waals surface area contributed by atoms with Crippen molar-refractivity contribution in [1.29, 1.82) is 0 Å². The van der Waals surface area contributed by atoms with Gasteiger partial charge in [0.2, 0.25) is 0 Å². The van der Waals surface area contributed by atoms with Crippen molar-refractivity contribution in [1.82, 2.24) is 0 Å². The molecule has 1 saturated heterocycles. The van der Waals surface area contributed by atoms with Crippen molar-refractivity contribution in [3.05, 3.63) is 0 Å². The minimum absolute atomic E-state index is 0.468. The van der Waals surface area contributed by atoms with Crippen molar-refractivity contribution >= 4 is 5.97 Å². The molecule has 1 heterocycles. The topological polar surface area (TPSA) is 87.0 Å². The van der Waals surface area contributed by atoms with Gasteiger partial charge in [0.25, 0.3) is 0 Å². The van der Waals surface area contributed by atoms with Crippen LogP contribution in [0.5, 0.6) is 0 Å². The maximum Gasteiger partial charge on any atom is 0.338 e. The van der Waals surface area contributed by atoms with E-state index in [2.05, 4.69) is 4.74 Å². The number of hydrogen-bond donors (Lipinski definition) is 3. The minimum Gasteiger partial charge on any atom is -0.455 e. The van der Waals surface area contributed by atoms with Gasteiger partial charge in [0, 0.05) is 0 Å². The fourth-order valence-corrected chi connectivity index (χ4v) is 0.777. The SMILES string of the molecule is O=C1OC(CO)[C@@H](O)[C@H]1O. The van der Waals surface area contributed by atoms with E-state index in [0.29, 0.717) is 0 Å². The summed E-state index contributed by atoms with van der Waals surface area (Å²) < 4.78 is 4.35. The minimum atomic E-state index is -1.50. The molecule has 0 radical (unpaired) electrons. The second-order valence-electron chi connectivity index (χ2n) is 2.09. The second kappa shape index (κ2) is 2.53. The van der Waals surface area contributed by atoms with Crippen LogP contribution >= 0.6 is 0 Å². The Bertz CT molecular complexity index is 145. The molecule has 1 fully saturated rings. The fourth-order valence-electron chi connectivity index (χ4n) is 0.777. The molecular weight excluding hydrogens is 140 g/mol. The van der Waals surface area contributed by atoms with E-state index in [-0.39, 0.29) is 0 Å². The van der Waals surface area contributed by atoms with Crippen LogP contribution in [0.1, 0.15) is 0 Å². The van der Waals surface area contributed by atoms with Crippen LogP contribution in [0, 0.1) is 0 Å². The third kappa shape index (κ3) is 0.985. The first-order valence-corrected chi connectivity index (χ1v) is 2.84. The van der Waals surface area contributed by atoms with Gasteiger partial charge in [0.1, 0.15) is 6.10 Å². The van der Waals surface area contributed by atoms with Crippen LogP contribution < -0.4 is 0 Å². The molecule has 1 unspecified atom stereocenters. The molecule has 3 N–H and O–H groups in total. The highest BCUT2D eigenvalue weighted by Crippen LogP contribution is 2.14. The summed E-state index contributed by atoms with van der Waals surface area (Å²) in [4.78, 5) is 10.4. The highest BCUT2D eigenvalue weighted by Gasteiger charge is 2.41. The fraction of sp³-hybridized carbons (Fsp3) is 0.800. The van der Waals surface area contributed by atoms with Gasteiger partial charge in [0.15, 0.2) is 12.2 Å².